The van der Waals surface area contributed by atoms with Gasteiger partial charge in [-0.2, -0.15) is 0 Å². The maximum atomic E-state index is 10.8. The molecule has 4 nitrogen and oxygen atoms in total. The molecule has 0 spiro atoms. The van der Waals surface area contributed by atoms with Crippen LogP contribution in [0.2, 0.25) is 0 Å². The van der Waals surface area contributed by atoms with Crippen molar-refractivity contribution in [1.82, 2.24) is 0 Å². The number of carbonyl (C=O) groups excluding carboxylic acids is 1. The lowest BCUT2D eigenvalue weighted by molar-refractivity contribution is -0.145. The maximum absolute atomic E-state index is 10.8. The Morgan fingerprint density at radius 3 is 2.62 bits per heavy atom. The van der Waals surface area contributed by atoms with Gasteiger partial charge >= 0.3 is 5.97 Å². The molecule has 0 fully saturated rings. The minimum absolute atomic E-state index is 0. The summed E-state index contributed by atoms with van der Waals surface area (Å²) in [5.41, 5.74) is 4.87. The molecule has 0 rings (SSSR count). The number of carbonyl (C=O) groups is 1. The summed E-state index contributed by atoms with van der Waals surface area (Å²) in [5, 5.41) is 0. The summed E-state index contributed by atoms with van der Waals surface area (Å²) in [5.74, 6) is -0.499. The van der Waals surface area contributed by atoms with Crippen LogP contribution in [0.25, 0.3) is 0 Å². The standard InChI is InChI=1S/C8H17NO3.ClH/c1-8(2,3)12-5-6(9)7(10)11-4;/h6H,5,9H2,1-4H3;1H/t6-;/m0./s1/i1D;. The van der Waals surface area contributed by atoms with Crippen LogP contribution in [0.4, 0.5) is 0 Å². The average molecular weight is 213 g/mol. The molecule has 0 unspecified atom stereocenters. The molecular formula is C8H18ClNO3. The fourth-order valence-corrected chi connectivity index (χ4v) is 0.535. The number of nitrogens with two attached hydrogens (primary N) is 1. The van der Waals surface area contributed by atoms with E-state index in [2.05, 4.69) is 4.74 Å². The number of methoxy groups -OCH3 is 1. The van der Waals surface area contributed by atoms with Crippen molar-refractivity contribution in [3.8, 4) is 0 Å². The average Bonchev–Trinajstić information content (AvgIpc) is 2.13. The zero-order valence-electron chi connectivity index (χ0n) is 9.20. The van der Waals surface area contributed by atoms with Gasteiger partial charge in [-0.05, 0) is 20.7 Å². The third-order valence-electron chi connectivity index (χ3n) is 1.16. The zero-order chi connectivity index (χ0) is 10.5. The first-order valence-electron chi connectivity index (χ1n) is 4.40. The van der Waals surface area contributed by atoms with Crippen LogP contribution in [0, 0.1) is 0 Å². The van der Waals surface area contributed by atoms with E-state index in [1.165, 1.54) is 7.11 Å². The predicted octanol–water partition coefficient (Wildman–Crippen LogP) is 0.724. The number of halogens is 1. The molecule has 5 heteroatoms. The van der Waals surface area contributed by atoms with E-state index in [1.54, 1.807) is 13.8 Å². The highest BCUT2D eigenvalue weighted by Crippen LogP contribution is 2.06. The number of hydrogen-bond donors (Lipinski definition) is 1. The van der Waals surface area contributed by atoms with Crippen LogP contribution in [0.3, 0.4) is 0 Å². The zero-order valence-corrected chi connectivity index (χ0v) is 9.02. The van der Waals surface area contributed by atoms with Crippen molar-refractivity contribution in [2.24, 2.45) is 5.73 Å². The molecular weight excluding hydrogens is 194 g/mol. The van der Waals surface area contributed by atoms with Gasteiger partial charge < -0.3 is 15.2 Å². The molecule has 1 atom stereocenters. The van der Waals surface area contributed by atoms with E-state index in [4.69, 9.17) is 11.8 Å². The Hall–Kier alpha value is -0.320. The molecule has 0 aliphatic heterocycles. The number of ether oxygens (including phenoxy) is 2. The first-order chi connectivity index (χ1) is 5.93. The summed E-state index contributed by atoms with van der Waals surface area (Å²) in [6.45, 7) is 3.74. The molecule has 0 aliphatic carbocycles. The van der Waals surface area contributed by atoms with Gasteiger partial charge in [0.1, 0.15) is 6.04 Å². The van der Waals surface area contributed by atoms with Crippen molar-refractivity contribution >= 4 is 18.4 Å². The minimum Gasteiger partial charge on any atom is -0.468 e. The normalized spacial score (nSPS) is 14.0. The lowest BCUT2D eigenvalue weighted by Gasteiger charge is -2.21. The molecule has 0 amide bonds. The monoisotopic (exact) mass is 212 g/mol. The van der Waals surface area contributed by atoms with Crippen molar-refractivity contribution in [3.05, 3.63) is 0 Å². The SMILES string of the molecule is Cl.[2H]CC(C)(C)OC[C@H](N)C(=O)OC. The van der Waals surface area contributed by atoms with E-state index in [0.29, 0.717) is 0 Å². The van der Waals surface area contributed by atoms with Crippen molar-refractivity contribution in [3.63, 3.8) is 0 Å². The van der Waals surface area contributed by atoms with Crippen LogP contribution >= 0.6 is 12.4 Å². The van der Waals surface area contributed by atoms with Crippen LogP contribution in [-0.4, -0.2) is 31.3 Å². The van der Waals surface area contributed by atoms with Crippen molar-refractivity contribution in [2.75, 3.05) is 13.7 Å². The predicted molar refractivity (Wildman–Crippen MR) is 52.9 cm³/mol. The van der Waals surface area contributed by atoms with Crippen LogP contribution in [0.1, 0.15) is 22.1 Å². The van der Waals surface area contributed by atoms with Gasteiger partial charge in [-0.15, -0.1) is 12.4 Å². The summed E-state index contributed by atoms with van der Waals surface area (Å²) in [4.78, 5) is 10.8. The molecule has 0 aromatic rings. The summed E-state index contributed by atoms with van der Waals surface area (Å²) >= 11 is 0. The molecule has 80 valence electrons. The molecule has 0 aromatic carbocycles. The summed E-state index contributed by atoms with van der Waals surface area (Å²) < 4.78 is 16.8. The molecule has 0 aliphatic rings. The minimum atomic E-state index is -0.768. The second-order valence-corrected chi connectivity index (χ2v) is 3.20. The summed E-state index contributed by atoms with van der Waals surface area (Å²) in [6.07, 6.45) is 0. The molecule has 0 heterocycles. The molecule has 0 radical (unpaired) electrons. The molecule has 0 saturated heterocycles. The topological polar surface area (TPSA) is 61.5 Å². The highest BCUT2D eigenvalue weighted by molar-refractivity contribution is 5.85. The van der Waals surface area contributed by atoms with Crippen LogP contribution < -0.4 is 5.73 Å². The smallest absolute Gasteiger partial charge is 0.325 e. The summed E-state index contributed by atoms with van der Waals surface area (Å²) in [7, 11) is 1.28. The van der Waals surface area contributed by atoms with Crippen molar-refractivity contribution in [2.45, 2.75) is 32.4 Å². The first-order valence-corrected chi connectivity index (χ1v) is 3.69. The highest BCUT2D eigenvalue weighted by Gasteiger charge is 2.18. The van der Waals surface area contributed by atoms with Gasteiger partial charge in [0.15, 0.2) is 0 Å². The third kappa shape index (κ3) is 8.02. The largest absolute Gasteiger partial charge is 0.468 e. The Bertz CT molecular complexity index is 178. The second kappa shape index (κ2) is 6.18. The lowest BCUT2D eigenvalue weighted by Crippen LogP contribution is -2.38. The fourth-order valence-electron chi connectivity index (χ4n) is 0.535. The van der Waals surface area contributed by atoms with E-state index in [9.17, 15) is 4.79 Å². The number of rotatable bonds is 3. The maximum Gasteiger partial charge on any atom is 0.325 e. The van der Waals surface area contributed by atoms with E-state index < -0.39 is 17.6 Å². The Morgan fingerprint density at radius 1 is 1.69 bits per heavy atom. The van der Waals surface area contributed by atoms with E-state index in [0.717, 1.165) is 0 Å². The molecule has 13 heavy (non-hydrogen) atoms. The molecule has 2 N–H and O–H groups in total. The Balaban J connectivity index is 0. The summed E-state index contributed by atoms with van der Waals surface area (Å²) in [6, 6.07) is -0.768. The quantitative estimate of drug-likeness (QED) is 0.701. The van der Waals surface area contributed by atoms with Gasteiger partial charge in [0.05, 0.1) is 19.3 Å². The number of esters is 1. The second-order valence-electron chi connectivity index (χ2n) is 3.20. The van der Waals surface area contributed by atoms with Crippen LogP contribution in [0.15, 0.2) is 0 Å². The molecule has 0 saturated carbocycles. The molecule has 0 bridgehead atoms. The Kier molecular flexibility index (Phi) is 6.03. The first kappa shape index (κ1) is 12.7. The highest BCUT2D eigenvalue weighted by atomic mass is 35.5. The van der Waals surface area contributed by atoms with Crippen molar-refractivity contribution in [1.29, 1.82) is 0 Å². The van der Waals surface area contributed by atoms with Gasteiger partial charge in [-0.1, -0.05) is 0 Å². The third-order valence-corrected chi connectivity index (χ3v) is 1.16. The van der Waals surface area contributed by atoms with Crippen LogP contribution in [0.5, 0.6) is 0 Å². The van der Waals surface area contributed by atoms with Crippen molar-refractivity contribution < 1.29 is 15.6 Å². The van der Waals surface area contributed by atoms with Gasteiger partial charge in [0.2, 0.25) is 0 Å². The van der Waals surface area contributed by atoms with E-state index in [1.807, 2.05) is 0 Å². The van der Waals surface area contributed by atoms with E-state index >= 15 is 0 Å². The Labute approximate surface area is 86.6 Å². The van der Waals surface area contributed by atoms with Gasteiger partial charge in [-0.3, -0.25) is 4.79 Å². The molecule has 0 aromatic heterocycles. The van der Waals surface area contributed by atoms with Gasteiger partial charge in [0.25, 0.3) is 0 Å². The van der Waals surface area contributed by atoms with Gasteiger partial charge in [0, 0.05) is 1.37 Å². The van der Waals surface area contributed by atoms with E-state index in [-0.39, 0.29) is 25.9 Å². The fraction of sp³-hybridized carbons (Fsp3) is 0.875. The van der Waals surface area contributed by atoms with Gasteiger partial charge in [-0.25, -0.2) is 0 Å². The Morgan fingerprint density at radius 2 is 2.23 bits per heavy atom. The van der Waals surface area contributed by atoms with Crippen LogP contribution in [-0.2, 0) is 14.3 Å². The number of hydrogen-bond acceptors (Lipinski definition) is 4. The lowest BCUT2D eigenvalue weighted by atomic mass is 10.2.